The van der Waals surface area contributed by atoms with Gasteiger partial charge in [-0.25, -0.2) is 14.2 Å². The molecule has 0 bridgehead atoms. The van der Waals surface area contributed by atoms with Gasteiger partial charge in [-0.05, 0) is 43.2 Å². The first-order chi connectivity index (χ1) is 11.6. The van der Waals surface area contributed by atoms with E-state index in [9.17, 15) is 9.18 Å². The molecule has 2 N–H and O–H groups in total. The molecule has 0 saturated carbocycles. The first-order valence-electron chi connectivity index (χ1n) is 7.81. The topological polar surface area (TPSA) is 57.3 Å². The highest BCUT2D eigenvalue weighted by Gasteiger charge is 2.13. The fourth-order valence-electron chi connectivity index (χ4n) is 2.62. The van der Waals surface area contributed by atoms with Gasteiger partial charge in [0.1, 0.15) is 11.6 Å². The summed E-state index contributed by atoms with van der Waals surface area (Å²) in [6.07, 6.45) is 4.01. The third-order valence-electron chi connectivity index (χ3n) is 3.88. The molecule has 2 aromatic rings. The molecule has 24 heavy (non-hydrogen) atoms. The van der Waals surface area contributed by atoms with Crippen molar-refractivity contribution in [1.29, 1.82) is 0 Å². The maximum absolute atomic E-state index is 13.6. The summed E-state index contributed by atoms with van der Waals surface area (Å²) in [6.45, 7) is 2.16. The maximum atomic E-state index is 13.6. The van der Waals surface area contributed by atoms with Crippen LogP contribution in [0.15, 0.2) is 41.0 Å². The summed E-state index contributed by atoms with van der Waals surface area (Å²) >= 11 is 3.28. The number of amides is 2. The predicted molar refractivity (Wildman–Crippen MR) is 95.6 cm³/mol. The molecule has 0 aliphatic carbocycles. The Kier molecular flexibility index (Phi) is 5.30. The number of benzene rings is 1. The molecular formula is C17H18BrFN4O. The minimum absolute atomic E-state index is 0.108. The molecule has 1 aliphatic heterocycles. The van der Waals surface area contributed by atoms with E-state index in [1.807, 2.05) is 12.1 Å². The number of aromatic nitrogens is 1. The third-order valence-corrected chi connectivity index (χ3v) is 4.38. The van der Waals surface area contributed by atoms with Gasteiger partial charge in [0.15, 0.2) is 0 Å². The molecule has 1 aliphatic rings. The summed E-state index contributed by atoms with van der Waals surface area (Å²) in [5.41, 5.74) is 1.02. The van der Waals surface area contributed by atoms with Gasteiger partial charge in [-0.3, -0.25) is 0 Å². The fourth-order valence-corrected chi connectivity index (χ4v) is 3.03. The van der Waals surface area contributed by atoms with Gasteiger partial charge in [0.05, 0.1) is 11.9 Å². The van der Waals surface area contributed by atoms with Gasteiger partial charge in [-0.15, -0.1) is 0 Å². The minimum atomic E-state index is -0.398. The smallest absolute Gasteiger partial charge is 0.319 e. The van der Waals surface area contributed by atoms with E-state index in [0.717, 1.165) is 23.4 Å². The summed E-state index contributed by atoms with van der Waals surface area (Å²) < 4.78 is 14.4. The molecule has 0 atom stereocenters. The molecule has 2 heterocycles. The van der Waals surface area contributed by atoms with E-state index in [1.54, 1.807) is 18.3 Å². The Morgan fingerprint density at radius 1 is 1.25 bits per heavy atom. The third kappa shape index (κ3) is 4.23. The molecule has 0 radical (unpaired) electrons. The van der Waals surface area contributed by atoms with Crippen LogP contribution in [0.25, 0.3) is 0 Å². The van der Waals surface area contributed by atoms with E-state index < -0.39 is 6.03 Å². The largest absolute Gasteiger partial charge is 0.357 e. The zero-order chi connectivity index (χ0) is 16.9. The zero-order valence-corrected chi connectivity index (χ0v) is 14.6. The van der Waals surface area contributed by atoms with Gasteiger partial charge in [0, 0.05) is 29.7 Å². The Hall–Kier alpha value is -2.15. The summed E-state index contributed by atoms with van der Waals surface area (Å²) in [7, 11) is 0. The Morgan fingerprint density at radius 3 is 2.75 bits per heavy atom. The second kappa shape index (κ2) is 7.61. The van der Waals surface area contributed by atoms with Crippen molar-refractivity contribution in [3.63, 3.8) is 0 Å². The number of pyridine rings is 1. The van der Waals surface area contributed by atoms with E-state index in [0.29, 0.717) is 11.3 Å². The van der Waals surface area contributed by atoms with E-state index in [4.69, 9.17) is 0 Å². The number of carbonyl (C=O) groups excluding carboxylic acids is 1. The lowest BCUT2D eigenvalue weighted by atomic mass is 10.2. The predicted octanol–water partition coefficient (Wildman–Crippen LogP) is 3.91. The van der Waals surface area contributed by atoms with Crippen LogP contribution in [0.1, 0.15) is 18.4 Å². The van der Waals surface area contributed by atoms with Gasteiger partial charge in [0.25, 0.3) is 0 Å². The first-order valence-corrected chi connectivity index (χ1v) is 8.61. The van der Waals surface area contributed by atoms with E-state index in [1.165, 1.54) is 18.9 Å². The molecule has 1 fully saturated rings. The number of hydrogen-bond acceptors (Lipinski definition) is 3. The minimum Gasteiger partial charge on any atom is -0.357 e. The molecule has 1 aromatic heterocycles. The summed E-state index contributed by atoms with van der Waals surface area (Å²) in [4.78, 5) is 18.5. The Bertz CT molecular complexity index is 717. The lowest BCUT2D eigenvalue weighted by molar-refractivity contribution is 0.251. The molecule has 1 saturated heterocycles. The number of urea groups is 1. The lowest BCUT2D eigenvalue weighted by Crippen LogP contribution is -2.28. The molecule has 5 nitrogen and oxygen atoms in total. The molecule has 7 heteroatoms. The SMILES string of the molecule is O=C(NCc1cc(Br)ccc1F)Nc1ccc(N2CCCC2)nc1. The van der Waals surface area contributed by atoms with Crippen molar-refractivity contribution < 1.29 is 9.18 Å². The summed E-state index contributed by atoms with van der Waals surface area (Å²) in [5.74, 6) is 0.574. The molecule has 2 amide bonds. The fraction of sp³-hybridized carbons (Fsp3) is 0.294. The molecule has 3 rings (SSSR count). The van der Waals surface area contributed by atoms with Crippen molar-refractivity contribution in [2.45, 2.75) is 19.4 Å². The van der Waals surface area contributed by atoms with Gasteiger partial charge in [-0.1, -0.05) is 15.9 Å². The van der Waals surface area contributed by atoms with Crippen molar-refractivity contribution in [3.8, 4) is 0 Å². The summed E-state index contributed by atoms with van der Waals surface area (Å²) in [5, 5.41) is 5.33. The van der Waals surface area contributed by atoms with Crippen LogP contribution < -0.4 is 15.5 Å². The van der Waals surface area contributed by atoms with E-state index in [-0.39, 0.29) is 12.4 Å². The highest BCUT2D eigenvalue weighted by molar-refractivity contribution is 9.10. The van der Waals surface area contributed by atoms with Crippen LogP contribution >= 0.6 is 15.9 Å². The maximum Gasteiger partial charge on any atom is 0.319 e. The average Bonchev–Trinajstić information content (AvgIpc) is 3.11. The Morgan fingerprint density at radius 2 is 2.04 bits per heavy atom. The van der Waals surface area contributed by atoms with Gasteiger partial charge < -0.3 is 15.5 Å². The quantitative estimate of drug-likeness (QED) is 0.829. The van der Waals surface area contributed by atoms with Crippen LogP contribution in [0.2, 0.25) is 0 Å². The number of hydrogen-bond donors (Lipinski definition) is 2. The standard InChI is InChI=1S/C17H18BrFN4O/c18-13-3-5-15(19)12(9-13)10-21-17(24)22-14-4-6-16(20-11-14)23-7-1-2-8-23/h3-6,9,11H,1-2,7-8,10H2,(H2,21,22,24). The van der Waals surface area contributed by atoms with Crippen LogP contribution in [0.4, 0.5) is 20.7 Å². The van der Waals surface area contributed by atoms with Gasteiger partial charge in [0.2, 0.25) is 0 Å². The normalized spacial score (nSPS) is 13.8. The highest BCUT2D eigenvalue weighted by Crippen LogP contribution is 2.19. The first kappa shape index (κ1) is 16.7. The van der Waals surface area contributed by atoms with E-state index in [2.05, 4.69) is 36.4 Å². The molecule has 0 unspecified atom stereocenters. The van der Waals surface area contributed by atoms with Crippen LogP contribution in [0.3, 0.4) is 0 Å². The average molecular weight is 393 g/mol. The number of halogens is 2. The van der Waals surface area contributed by atoms with Crippen LogP contribution in [0, 0.1) is 5.82 Å². The number of carbonyl (C=O) groups is 1. The van der Waals surface area contributed by atoms with Gasteiger partial charge in [-0.2, -0.15) is 0 Å². The Balaban J connectivity index is 1.53. The molecule has 1 aromatic carbocycles. The zero-order valence-electron chi connectivity index (χ0n) is 13.1. The molecular weight excluding hydrogens is 375 g/mol. The monoisotopic (exact) mass is 392 g/mol. The van der Waals surface area contributed by atoms with Gasteiger partial charge >= 0.3 is 6.03 Å². The van der Waals surface area contributed by atoms with E-state index >= 15 is 0 Å². The van der Waals surface area contributed by atoms with Crippen molar-refractivity contribution in [2.24, 2.45) is 0 Å². The van der Waals surface area contributed by atoms with Crippen LogP contribution in [0.5, 0.6) is 0 Å². The number of nitrogens with zero attached hydrogens (tertiary/aromatic N) is 2. The molecule has 0 spiro atoms. The van der Waals surface area contributed by atoms with Crippen molar-refractivity contribution in [1.82, 2.24) is 10.3 Å². The van der Waals surface area contributed by atoms with Crippen LogP contribution in [-0.2, 0) is 6.54 Å². The second-order valence-corrected chi connectivity index (χ2v) is 6.56. The van der Waals surface area contributed by atoms with Crippen molar-refractivity contribution in [2.75, 3.05) is 23.3 Å². The van der Waals surface area contributed by atoms with Crippen LogP contribution in [-0.4, -0.2) is 24.1 Å². The van der Waals surface area contributed by atoms with Crippen molar-refractivity contribution in [3.05, 3.63) is 52.4 Å². The summed E-state index contributed by atoms with van der Waals surface area (Å²) in [6, 6.07) is 7.94. The number of nitrogens with one attached hydrogen (secondary N) is 2. The highest BCUT2D eigenvalue weighted by atomic mass is 79.9. The Labute approximate surface area is 148 Å². The number of rotatable bonds is 4. The second-order valence-electron chi connectivity index (χ2n) is 5.64. The van der Waals surface area contributed by atoms with Crippen molar-refractivity contribution >= 4 is 33.5 Å². The molecule has 126 valence electrons. The number of anilines is 2. The lowest BCUT2D eigenvalue weighted by Gasteiger charge is -2.16.